The van der Waals surface area contributed by atoms with Crippen LogP contribution in [-0.2, 0) is 0 Å². The number of aliphatic hydroxyl groups is 1. The maximum Gasteiger partial charge on any atom is 0.275 e. The Kier molecular flexibility index (Phi) is 5.18. The van der Waals surface area contributed by atoms with Gasteiger partial charge in [0.2, 0.25) is 0 Å². The number of hydrazine groups is 1. The van der Waals surface area contributed by atoms with Gasteiger partial charge in [0.15, 0.2) is 0 Å². The minimum absolute atomic E-state index is 0.0763. The number of piperidine rings is 1. The quantitative estimate of drug-likeness (QED) is 0.820. The first-order valence-corrected chi connectivity index (χ1v) is 7.72. The lowest BCUT2D eigenvalue weighted by molar-refractivity contribution is 0.0373. The van der Waals surface area contributed by atoms with Gasteiger partial charge in [-0.3, -0.25) is 10.2 Å². The summed E-state index contributed by atoms with van der Waals surface area (Å²) in [5, 5.41) is 10.7. The van der Waals surface area contributed by atoms with Crippen LogP contribution in [0.2, 0.25) is 0 Å². The van der Waals surface area contributed by atoms with Crippen LogP contribution in [0.1, 0.15) is 47.7 Å². The van der Waals surface area contributed by atoms with Crippen molar-refractivity contribution in [1.29, 1.82) is 0 Å². The summed E-state index contributed by atoms with van der Waals surface area (Å²) in [7, 11) is 0. The molecule has 2 atom stereocenters. The molecule has 1 aromatic heterocycles. The van der Waals surface area contributed by atoms with Crippen LogP contribution in [0, 0.1) is 11.8 Å². The maximum absolute atomic E-state index is 12.3. The van der Waals surface area contributed by atoms with Gasteiger partial charge in [-0.25, -0.2) is 5.01 Å². The number of aliphatic hydroxyl groups excluding tert-OH is 1. The predicted octanol–water partition coefficient (Wildman–Crippen LogP) is 2.00. The van der Waals surface area contributed by atoms with Gasteiger partial charge in [0.05, 0.1) is 9.75 Å². The largest absolute Gasteiger partial charge is 0.384 e. The first kappa shape index (κ1) is 15.0. The Hall–Kier alpha value is -1.35. The number of carbonyl (C=O) groups excluding carboxylic acids is 1. The summed E-state index contributed by atoms with van der Waals surface area (Å²) >= 11 is 1.35. The molecule has 2 rings (SSSR count). The zero-order valence-electron chi connectivity index (χ0n) is 11.8. The number of rotatable bonds is 2. The Bertz CT molecular complexity index is 519. The van der Waals surface area contributed by atoms with Gasteiger partial charge in [-0.15, -0.1) is 11.3 Å². The maximum atomic E-state index is 12.3. The number of hydrogen-bond donors (Lipinski definition) is 2. The molecule has 1 fully saturated rings. The van der Waals surface area contributed by atoms with Gasteiger partial charge in [-0.1, -0.05) is 18.3 Å². The van der Waals surface area contributed by atoms with Crippen molar-refractivity contribution in [2.75, 3.05) is 6.61 Å². The molecule has 2 N–H and O–H groups in total. The molecule has 0 saturated carbocycles. The third-order valence-electron chi connectivity index (χ3n) is 3.54. The minimum Gasteiger partial charge on any atom is -0.384 e. The fraction of sp³-hybridized carbons (Fsp3) is 0.533. The molecule has 0 aromatic carbocycles. The van der Waals surface area contributed by atoms with E-state index in [-0.39, 0.29) is 12.5 Å². The average Bonchev–Trinajstić information content (AvgIpc) is 2.89. The fourth-order valence-corrected chi connectivity index (χ4v) is 3.24. The van der Waals surface area contributed by atoms with Crippen LogP contribution in [0.3, 0.4) is 0 Å². The van der Waals surface area contributed by atoms with Gasteiger partial charge < -0.3 is 5.11 Å². The topological polar surface area (TPSA) is 52.6 Å². The van der Waals surface area contributed by atoms with Crippen LogP contribution >= 0.6 is 11.3 Å². The van der Waals surface area contributed by atoms with Gasteiger partial charge in [-0.2, -0.15) is 0 Å². The summed E-state index contributed by atoms with van der Waals surface area (Å²) in [6, 6.07) is 4.33. The molecule has 1 aromatic rings. The van der Waals surface area contributed by atoms with Crippen molar-refractivity contribution in [2.45, 2.75) is 45.2 Å². The number of carbonyl (C=O) groups is 1. The first-order chi connectivity index (χ1) is 9.61. The van der Waals surface area contributed by atoms with Crippen LogP contribution in [-0.4, -0.2) is 34.7 Å². The average molecular weight is 292 g/mol. The van der Waals surface area contributed by atoms with E-state index in [1.54, 1.807) is 6.07 Å². The van der Waals surface area contributed by atoms with E-state index in [9.17, 15) is 4.79 Å². The van der Waals surface area contributed by atoms with E-state index in [1.807, 2.05) is 6.07 Å². The van der Waals surface area contributed by atoms with Crippen molar-refractivity contribution in [3.05, 3.63) is 21.9 Å². The zero-order chi connectivity index (χ0) is 14.5. The van der Waals surface area contributed by atoms with E-state index >= 15 is 0 Å². The number of amides is 1. The lowest BCUT2D eigenvalue weighted by atomic mass is 10.00. The molecule has 4 nitrogen and oxygen atoms in total. The highest BCUT2D eigenvalue weighted by Gasteiger charge is 2.26. The smallest absolute Gasteiger partial charge is 0.275 e. The fourth-order valence-electron chi connectivity index (χ4n) is 2.47. The van der Waals surface area contributed by atoms with Crippen LogP contribution in [0.5, 0.6) is 0 Å². The van der Waals surface area contributed by atoms with E-state index < -0.39 is 0 Å². The van der Waals surface area contributed by atoms with E-state index in [0.29, 0.717) is 17.0 Å². The van der Waals surface area contributed by atoms with Gasteiger partial charge in [0.1, 0.15) is 6.61 Å². The molecule has 20 heavy (non-hydrogen) atoms. The van der Waals surface area contributed by atoms with E-state index in [4.69, 9.17) is 5.11 Å². The highest BCUT2D eigenvalue weighted by atomic mass is 32.1. The Morgan fingerprint density at radius 2 is 2.15 bits per heavy atom. The molecule has 0 bridgehead atoms. The Morgan fingerprint density at radius 1 is 1.45 bits per heavy atom. The second kappa shape index (κ2) is 6.89. The van der Waals surface area contributed by atoms with Gasteiger partial charge in [0, 0.05) is 12.1 Å². The molecule has 1 aliphatic rings. The molecule has 0 spiro atoms. The summed E-state index contributed by atoms with van der Waals surface area (Å²) in [6.07, 6.45) is 3.44. The van der Waals surface area contributed by atoms with E-state index in [2.05, 4.69) is 36.1 Å². The van der Waals surface area contributed by atoms with Crippen molar-refractivity contribution in [3.63, 3.8) is 0 Å². The number of nitrogens with zero attached hydrogens (tertiary/aromatic N) is 1. The Balaban J connectivity index is 2.02. The van der Waals surface area contributed by atoms with Crippen LogP contribution < -0.4 is 5.43 Å². The summed E-state index contributed by atoms with van der Waals surface area (Å²) in [5.41, 5.74) is 3.01. The third-order valence-corrected chi connectivity index (χ3v) is 4.54. The number of nitrogens with one attached hydrogen (secondary N) is 1. The SMILES string of the molecule is CC1CCCC(C)N1NC(=O)c1ccc(C#CCO)s1. The minimum atomic E-state index is -0.164. The van der Waals surface area contributed by atoms with E-state index in [0.717, 1.165) is 17.7 Å². The standard InChI is InChI=1S/C15H20N2O2S/c1-11-5-3-6-12(2)17(11)16-15(19)14-9-8-13(20-14)7-4-10-18/h8-9,11-12,18H,3,5-6,10H2,1-2H3,(H,16,19). The monoisotopic (exact) mass is 292 g/mol. The zero-order valence-corrected chi connectivity index (χ0v) is 12.7. The molecule has 2 heterocycles. The van der Waals surface area contributed by atoms with Crippen molar-refractivity contribution in [2.24, 2.45) is 0 Å². The summed E-state index contributed by atoms with van der Waals surface area (Å²) in [5.74, 6) is 5.33. The Labute approximate surface area is 123 Å². The van der Waals surface area contributed by atoms with Gasteiger partial charge in [0.25, 0.3) is 5.91 Å². The highest BCUT2D eigenvalue weighted by molar-refractivity contribution is 7.14. The second-order valence-electron chi connectivity index (χ2n) is 5.10. The predicted molar refractivity (Wildman–Crippen MR) is 80.4 cm³/mol. The summed E-state index contributed by atoms with van der Waals surface area (Å²) in [4.78, 5) is 13.7. The number of thiophene rings is 1. The Morgan fingerprint density at radius 3 is 2.80 bits per heavy atom. The normalized spacial score (nSPS) is 22.9. The second-order valence-corrected chi connectivity index (χ2v) is 6.18. The molecule has 0 aliphatic carbocycles. The number of hydrogen-bond acceptors (Lipinski definition) is 4. The molecule has 5 heteroatoms. The van der Waals surface area contributed by atoms with Crippen LogP contribution in [0.4, 0.5) is 0 Å². The molecular formula is C15H20N2O2S. The first-order valence-electron chi connectivity index (χ1n) is 6.90. The molecule has 108 valence electrons. The molecule has 2 unspecified atom stereocenters. The lowest BCUT2D eigenvalue weighted by Gasteiger charge is -2.38. The van der Waals surface area contributed by atoms with Gasteiger partial charge in [-0.05, 0) is 38.8 Å². The summed E-state index contributed by atoms with van der Waals surface area (Å²) in [6.45, 7) is 4.12. The third kappa shape index (κ3) is 3.60. The van der Waals surface area contributed by atoms with E-state index in [1.165, 1.54) is 17.8 Å². The van der Waals surface area contributed by atoms with Crippen molar-refractivity contribution >= 4 is 17.2 Å². The van der Waals surface area contributed by atoms with Crippen molar-refractivity contribution in [3.8, 4) is 11.8 Å². The highest BCUT2D eigenvalue weighted by Crippen LogP contribution is 2.21. The molecular weight excluding hydrogens is 272 g/mol. The molecule has 1 saturated heterocycles. The van der Waals surface area contributed by atoms with Crippen LogP contribution in [0.25, 0.3) is 0 Å². The van der Waals surface area contributed by atoms with Crippen molar-refractivity contribution in [1.82, 2.24) is 10.4 Å². The molecule has 0 radical (unpaired) electrons. The van der Waals surface area contributed by atoms with Gasteiger partial charge >= 0.3 is 0 Å². The molecule has 1 aliphatic heterocycles. The summed E-state index contributed by atoms with van der Waals surface area (Å²) < 4.78 is 0. The van der Waals surface area contributed by atoms with Crippen LogP contribution in [0.15, 0.2) is 12.1 Å². The molecule has 1 amide bonds. The van der Waals surface area contributed by atoms with Crippen molar-refractivity contribution < 1.29 is 9.90 Å². The lowest BCUT2D eigenvalue weighted by Crippen LogP contribution is -2.53.